The van der Waals surface area contributed by atoms with Gasteiger partial charge >= 0.3 is 0 Å². The molecule has 0 amide bonds. The van der Waals surface area contributed by atoms with E-state index in [0.717, 1.165) is 10.9 Å². The van der Waals surface area contributed by atoms with Gasteiger partial charge in [0.1, 0.15) is 0 Å². The van der Waals surface area contributed by atoms with Gasteiger partial charge < -0.3 is 5.32 Å². The minimum Gasteiger partial charge on any atom is -0.316 e. The van der Waals surface area contributed by atoms with Crippen molar-refractivity contribution in [2.75, 3.05) is 18.8 Å². The summed E-state index contributed by atoms with van der Waals surface area (Å²) in [6.07, 6.45) is 2.69. The van der Waals surface area contributed by atoms with E-state index in [1.54, 1.807) is 0 Å². The average Bonchev–Trinajstić information content (AvgIpc) is 2.30. The molecular weight excluding hydrogens is 226 g/mol. The first kappa shape index (κ1) is 11.3. The van der Waals surface area contributed by atoms with Gasteiger partial charge in [-0.1, -0.05) is 11.6 Å². The van der Waals surface area contributed by atoms with Crippen molar-refractivity contribution >= 4 is 23.4 Å². The van der Waals surface area contributed by atoms with E-state index in [4.69, 9.17) is 11.6 Å². The first-order valence-corrected chi connectivity index (χ1v) is 6.80. The van der Waals surface area contributed by atoms with Crippen LogP contribution in [0.2, 0.25) is 5.02 Å². The van der Waals surface area contributed by atoms with Crippen LogP contribution in [0, 0.1) is 5.92 Å². The predicted octanol–water partition coefficient (Wildman–Crippen LogP) is 3.43. The molecule has 0 radical (unpaired) electrons. The summed E-state index contributed by atoms with van der Waals surface area (Å²) < 4.78 is 0. The van der Waals surface area contributed by atoms with Gasteiger partial charge in [0.2, 0.25) is 0 Å². The number of piperidine rings is 1. The molecule has 0 aromatic heterocycles. The van der Waals surface area contributed by atoms with Crippen LogP contribution in [0.1, 0.15) is 12.8 Å². The third kappa shape index (κ3) is 3.71. The topological polar surface area (TPSA) is 12.0 Å². The number of nitrogens with one attached hydrogen (secondary N) is 1. The maximum Gasteiger partial charge on any atom is 0.0406 e. The lowest BCUT2D eigenvalue weighted by atomic mass is 10.0. The van der Waals surface area contributed by atoms with Gasteiger partial charge in [-0.3, -0.25) is 0 Å². The summed E-state index contributed by atoms with van der Waals surface area (Å²) in [5.74, 6) is 2.05. The number of rotatable bonds is 3. The molecule has 1 saturated heterocycles. The molecule has 82 valence electrons. The Bertz CT molecular complexity index is 293. The van der Waals surface area contributed by atoms with Crippen LogP contribution in [-0.2, 0) is 0 Å². The maximum absolute atomic E-state index is 5.84. The van der Waals surface area contributed by atoms with Crippen molar-refractivity contribution in [1.82, 2.24) is 5.32 Å². The summed E-state index contributed by atoms with van der Waals surface area (Å²) in [5, 5.41) is 4.26. The van der Waals surface area contributed by atoms with Gasteiger partial charge in [0.15, 0.2) is 0 Å². The van der Waals surface area contributed by atoms with Gasteiger partial charge in [0.05, 0.1) is 0 Å². The molecule has 1 atom stereocenters. The summed E-state index contributed by atoms with van der Waals surface area (Å²) in [7, 11) is 0. The molecule has 15 heavy (non-hydrogen) atoms. The molecule has 1 fully saturated rings. The molecule has 1 unspecified atom stereocenters. The highest BCUT2D eigenvalue weighted by Gasteiger charge is 2.12. The summed E-state index contributed by atoms with van der Waals surface area (Å²) in [6, 6.07) is 8.12. The van der Waals surface area contributed by atoms with E-state index in [-0.39, 0.29) is 0 Å². The molecule has 1 aromatic carbocycles. The van der Waals surface area contributed by atoms with Gasteiger partial charge in [0.25, 0.3) is 0 Å². The zero-order chi connectivity index (χ0) is 10.5. The highest BCUT2D eigenvalue weighted by atomic mass is 35.5. The molecule has 2 rings (SSSR count). The van der Waals surface area contributed by atoms with E-state index in [1.807, 2.05) is 23.9 Å². The van der Waals surface area contributed by atoms with E-state index in [1.165, 1.54) is 36.6 Å². The van der Waals surface area contributed by atoms with Crippen molar-refractivity contribution in [3.05, 3.63) is 29.3 Å². The lowest BCUT2D eigenvalue weighted by Gasteiger charge is -2.22. The number of hydrogen-bond acceptors (Lipinski definition) is 2. The maximum atomic E-state index is 5.84. The standard InChI is InChI=1S/C12H16ClNS/c13-11-3-5-12(6-4-11)15-9-10-2-1-7-14-8-10/h3-6,10,14H,1-2,7-9H2. The Balaban J connectivity index is 1.79. The monoisotopic (exact) mass is 241 g/mol. The minimum atomic E-state index is 0.818. The highest BCUT2D eigenvalue weighted by molar-refractivity contribution is 7.99. The van der Waals surface area contributed by atoms with E-state index in [2.05, 4.69) is 17.4 Å². The van der Waals surface area contributed by atoms with Crippen molar-refractivity contribution in [3.63, 3.8) is 0 Å². The third-order valence-corrected chi connectivity index (χ3v) is 4.19. The molecule has 1 aliphatic rings. The Morgan fingerprint density at radius 3 is 2.80 bits per heavy atom. The van der Waals surface area contributed by atoms with Gasteiger partial charge in [0, 0.05) is 15.7 Å². The Kier molecular flexibility index (Phi) is 4.36. The van der Waals surface area contributed by atoms with Gasteiger partial charge in [-0.25, -0.2) is 0 Å². The molecule has 0 bridgehead atoms. The zero-order valence-corrected chi connectivity index (χ0v) is 10.3. The van der Waals surface area contributed by atoms with Crippen LogP contribution in [0.4, 0.5) is 0 Å². The Morgan fingerprint density at radius 2 is 2.13 bits per heavy atom. The van der Waals surface area contributed by atoms with Gasteiger partial charge in [-0.05, 0) is 56.1 Å². The zero-order valence-electron chi connectivity index (χ0n) is 8.71. The Labute approximate surface area is 101 Å². The molecule has 1 N–H and O–H groups in total. The number of benzene rings is 1. The summed E-state index contributed by atoms with van der Waals surface area (Å²) in [5.41, 5.74) is 0. The van der Waals surface area contributed by atoms with Crippen LogP contribution >= 0.6 is 23.4 Å². The molecule has 0 aliphatic carbocycles. The van der Waals surface area contributed by atoms with Crippen molar-refractivity contribution < 1.29 is 0 Å². The third-order valence-electron chi connectivity index (χ3n) is 2.70. The fraction of sp³-hybridized carbons (Fsp3) is 0.500. The lowest BCUT2D eigenvalue weighted by molar-refractivity contribution is 0.410. The lowest BCUT2D eigenvalue weighted by Crippen LogP contribution is -2.30. The predicted molar refractivity (Wildman–Crippen MR) is 67.8 cm³/mol. The van der Waals surface area contributed by atoms with Crippen molar-refractivity contribution in [3.8, 4) is 0 Å². The fourth-order valence-corrected chi connectivity index (χ4v) is 2.98. The molecule has 0 saturated carbocycles. The van der Waals surface area contributed by atoms with Crippen LogP contribution in [0.5, 0.6) is 0 Å². The molecule has 3 heteroatoms. The SMILES string of the molecule is Clc1ccc(SCC2CCCNC2)cc1. The Hall–Kier alpha value is -0.180. The normalized spacial score (nSPS) is 21.5. The average molecular weight is 242 g/mol. The van der Waals surface area contributed by atoms with Crippen LogP contribution < -0.4 is 5.32 Å². The largest absolute Gasteiger partial charge is 0.316 e. The second kappa shape index (κ2) is 5.78. The molecule has 1 aliphatic heterocycles. The highest BCUT2D eigenvalue weighted by Crippen LogP contribution is 2.24. The summed E-state index contributed by atoms with van der Waals surface area (Å²) in [4.78, 5) is 1.32. The molecular formula is C12H16ClNS. The van der Waals surface area contributed by atoms with Crippen molar-refractivity contribution in [1.29, 1.82) is 0 Å². The second-order valence-electron chi connectivity index (χ2n) is 3.98. The van der Waals surface area contributed by atoms with Crippen LogP contribution in [-0.4, -0.2) is 18.8 Å². The van der Waals surface area contributed by atoms with Crippen molar-refractivity contribution in [2.24, 2.45) is 5.92 Å². The van der Waals surface area contributed by atoms with Gasteiger partial charge in [-0.2, -0.15) is 0 Å². The van der Waals surface area contributed by atoms with E-state index in [9.17, 15) is 0 Å². The number of hydrogen-bond donors (Lipinski definition) is 1. The van der Waals surface area contributed by atoms with Gasteiger partial charge in [-0.15, -0.1) is 11.8 Å². The fourth-order valence-electron chi connectivity index (χ4n) is 1.81. The van der Waals surface area contributed by atoms with E-state index in [0.29, 0.717) is 0 Å². The minimum absolute atomic E-state index is 0.818. The summed E-state index contributed by atoms with van der Waals surface area (Å²) in [6.45, 7) is 2.38. The van der Waals surface area contributed by atoms with E-state index >= 15 is 0 Å². The van der Waals surface area contributed by atoms with Crippen molar-refractivity contribution in [2.45, 2.75) is 17.7 Å². The molecule has 0 spiro atoms. The molecule has 1 aromatic rings. The molecule has 1 heterocycles. The number of halogens is 1. The second-order valence-corrected chi connectivity index (χ2v) is 5.51. The van der Waals surface area contributed by atoms with E-state index < -0.39 is 0 Å². The summed E-state index contributed by atoms with van der Waals surface area (Å²) >= 11 is 7.78. The first-order valence-electron chi connectivity index (χ1n) is 5.44. The van der Waals surface area contributed by atoms with Crippen LogP contribution in [0.3, 0.4) is 0 Å². The number of thioether (sulfide) groups is 1. The first-order chi connectivity index (χ1) is 7.34. The smallest absolute Gasteiger partial charge is 0.0406 e. The Morgan fingerprint density at radius 1 is 1.33 bits per heavy atom. The van der Waals surface area contributed by atoms with Crippen LogP contribution in [0.25, 0.3) is 0 Å². The molecule has 1 nitrogen and oxygen atoms in total. The quantitative estimate of drug-likeness (QED) is 0.814. The van der Waals surface area contributed by atoms with Crippen LogP contribution in [0.15, 0.2) is 29.2 Å².